The molecule has 3 nitrogen and oxygen atoms in total. The maximum absolute atomic E-state index is 6.33. The highest BCUT2D eigenvalue weighted by atomic mass is 35.5. The summed E-state index contributed by atoms with van der Waals surface area (Å²) < 4.78 is 1.69. The first-order chi connectivity index (χ1) is 10.1. The smallest absolute Gasteiger partial charge is 0.229 e. The van der Waals surface area contributed by atoms with Crippen molar-refractivity contribution in [3.8, 4) is 17.1 Å². The van der Waals surface area contributed by atoms with Gasteiger partial charge in [0.25, 0.3) is 0 Å². The van der Waals surface area contributed by atoms with Gasteiger partial charge >= 0.3 is 0 Å². The van der Waals surface area contributed by atoms with Crippen LogP contribution >= 0.6 is 34.8 Å². The third kappa shape index (κ3) is 2.64. The van der Waals surface area contributed by atoms with E-state index in [0.29, 0.717) is 21.6 Å². The van der Waals surface area contributed by atoms with E-state index in [4.69, 9.17) is 34.8 Å². The zero-order valence-electron chi connectivity index (χ0n) is 11.0. The van der Waals surface area contributed by atoms with Crippen LogP contribution in [0.1, 0.15) is 5.56 Å². The van der Waals surface area contributed by atoms with E-state index in [-0.39, 0.29) is 5.28 Å². The molecule has 0 saturated carbocycles. The van der Waals surface area contributed by atoms with Gasteiger partial charge in [0.1, 0.15) is 0 Å². The first-order valence-electron chi connectivity index (χ1n) is 6.20. The van der Waals surface area contributed by atoms with E-state index >= 15 is 0 Å². The third-order valence-electron chi connectivity index (χ3n) is 3.12. The number of hydrogen-bond donors (Lipinski definition) is 0. The summed E-state index contributed by atoms with van der Waals surface area (Å²) >= 11 is 18.7. The molecule has 3 aromatic rings. The van der Waals surface area contributed by atoms with E-state index in [2.05, 4.69) is 10.2 Å². The Morgan fingerprint density at radius 2 is 1.62 bits per heavy atom. The highest BCUT2D eigenvalue weighted by Crippen LogP contribution is 2.32. The normalized spacial score (nSPS) is 10.9. The minimum absolute atomic E-state index is 0.232. The molecule has 2 aromatic carbocycles. The van der Waals surface area contributed by atoms with E-state index < -0.39 is 0 Å². The number of nitrogens with zero attached hydrogens (tertiary/aromatic N) is 3. The minimum Gasteiger partial charge on any atom is -0.264 e. The molecule has 6 heteroatoms. The lowest BCUT2D eigenvalue weighted by molar-refractivity contribution is 1.06. The Hall–Kier alpha value is -1.55. The molecular formula is C15H10Cl3N3. The van der Waals surface area contributed by atoms with E-state index in [1.165, 1.54) is 0 Å². The number of rotatable bonds is 2. The summed E-state index contributed by atoms with van der Waals surface area (Å²) in [5, 5.41) is 9.45. The van der Waals surface area contributed by atoms with Crippen LogP contribution < -0.4 is 0 Å². The second-order valence-corrected chi connectivity index (χ2v) is 5.70. The molecule has 3 rings (SSSR count). The minimum atomic E-state index is 0.232. The van der Waals surface area contributed by atoms with Crippen molar-refractivity contribution in [2.24, 2.45) is 0 Å². The lowest BCUT2D eigenvalue weighted by Crippen LogP contribution is -1.99. The first kappa shape index (κ1) is 14.4. The van der Waals surface area contributed by atoms with E-state index in [0.717, 1.165) is 11.1 Å². The molecule has 0 aliphatic rings. The van der Waals surface area contributed by atoms with Crippen LogP contribution in [0, 0.1) is 6.92 Å². The highest BCUT2D eigenvalue weighted by molar-refractivity contribution is 6.35. The molecule has 1 aromatic heterocycles. The van der Waals surface area contributed by atoms with Gasteiger partial charge < -0.3 is 0 Å². The molecule has 1 heterocycles. The van der Waals surface area contributed by atoms with Crippen LogP contribution in [0.15, 0.2) is 42.5 Å². The molecule has 0 aliphatic heterocycles. The standard InChI is InChI=1S/C15H10Cl3N3/c1-9-7-12(17)13(8-11(9)16)21-14(19-20-15(21)18)10-5-3-2-4-6-10/h2-8H,1H3. The number of aromatic nitrogens is 3. The van der Waals surface area contributed by atoms with Crippen molar-refractivity contribution < 1.29 is 0 Å². The van der Waals surface area contributed by atoms with Crippen LogP contribution in [-0.4, -0.2) is 14.8 Å². The number of hydrogen-bond acceptors (Lipinski definition) is 2. The largest absolute Gasteiger partial charge is 0.264 e. The van der Waals surface area contributed by atoms with Crippen molar-refractivity contribution >= 4 is 34.8 Å². The quantitative estimate of drug-likeness (QED) is 0.642. The molecule has 0 bridgehead atoms. The summed E-state index contributed by atoms with van der Waals surface area (Å²) in [5.41, 5.74) is 2.45. The van der Waals surface area contributed by atoms with Crippen molar-refractivity contribution in [1.29, 1.82) is 0 Å². The molecule has 0 atom stereocenters. The SMILES string of the molecule is Cc1cc(Cl)c(-n2c(Cl)nnc2-c2ccccc2)cc1Cl. The molecule has 0 amide bonds. The third-order valence-corrected chi connectivity index (χ3v) is 4.08. The predicted octanol–water partition coefficient (Wildman–Crippen LogP) is 5.20. The molecule has 0 saturated heterocycles. The van der Waals surface area contributed by atoms with Crippen LogP contribution in [0.4, 0.5) is 0 Å². The first-order valence-corrected chi connectivity index (χ1v) is 7.33. The van der Waals surface area contributed by atoms with Gasteiger partial charge in [0.15, 0.2) is 5.82 Å². The van der Waals surface area contributed by atoms with Crippen LogP contribution in [0.3, 0.4) is 0 Å². The summed E-state index contributed by atoms with van der Waals surface area (Å²) in [5.74, 6) is 0.613. The van der Waals surface area contributed by atoms with Gasteiger partial charge in [-0.2, -0.15) is 0 Å². The van der Waals surface area contributed by atoms with Gasteiger partial charge in [-0.3, -0.25) is 4.57 Å². The average molecular weight is 339 g/mol. The van der Waals surface area contributed by atoms with Gasteiger partial charge in [0.2, 0.25) is 5.28 Å². The highest BCUT2D eigenvalue weighted by Gasteiger charge is 2.17. The fourth-order valence-electron chi connectivity index (χ4n) is 2.06. The van der Waals surface area contributed by atoms with Crippen molar-refractivity contribution in [1.82, 2.24) is 14.8 Å². The van der Waals surface area contributed by atoms with Crippen molar-refractivity contribution in [3.05, 3.63) is 63.4 Å². The van der Waals surface area contributed by atoms with Gasteiger partial charge in [-0.15, -0.1) is 10.2 Å². The Labute approximate surface area is 137 Å². The number of benzene rings is 2. The van der Waals surface area contributed by atoms with E-state index in [1.54, 1.807) is 16.7 Å². The van der Waals surface area contributed by atoms with Crippen LogP contribution in [-0.2, 0) is 0 Å². The maximum atomic E-state index is 6.33. The van der Waals surface area contributed by atoms with Gasteiger partial charge in [0, 0.05) is 10.6 Å². The summed E-state index contributed by atoms with van der Waals surface area (Å²) in [6, 6.07) is 13.2. The second kappa shape index (κ2) is 5.68. The molecule has 0 radical (unpaired) electrons. The van der Waals surface area contributed by atoms with Crippen molar-refractivity contribution in [3.63, 3.8) is 0 Å². The number of halogens is 3. The molecular weight excluding hydrogens is 329 g/mol. The maximum Gasteiger partial charge on any atom is 0.229 e. The summed E-state index contributed by atoms with van der Waals surface area (Å²) in [7, 11) is 0. The Balaban J connectivity index is 2.25. The fraction of sp³-hybridized carbons (Fsp3) is 0.0667. The van der Waals surface area contributed by atoms with Crippen LogP contribution in [0.25, 0.3) is 17.1 Å². The molecule has 0 unspecified atom stereocenters. The van der Waals surface area contributed by atoms with Gasteiger partial charge in [-0.05, 0) is 36.2 Å². The molecule has 0 fully saturated rings. The zero-order chi connectivity index (χ0) is 15.0. The molecule has 0 N–H and O–H groups in total. The van der Waals surface area contributed by atoms with Crippen LogP contribution in [0.5, 0.6) is 0 Å². The molecule has 0 aliphatic carbocycles. The molecule has 106 valence electrons. The van der Waals surface area contributed by atoms with Crippen molar-refractivity contribution in [2.75, 3.05) is 0 Å². The second-order valence-electron chi connectivity index (χ2n) is 4.55. The van der Waals surface area contributed by atoms with E-state index in [1.807, 2.05) is 37.3 Å². The monoisotopic (exact) mass is 337 g/mol. The van der Waals surface area contributed by atoms with E-state index in [9.17, 15) is 0 Å². The Kier molecular flexibility index (Phi) is 3.89. The Morgan fingerprint density at radius 3 is 2.33 bits per heavy atom. The van der Waals surface area contributed by atoms with Gasteiger partial charge in [0.05, 0.1) is 10.7 Å². The van der Waals surface area contributed by atoms with Crippen LogP contribution in [0.2, 0.25) is 15.3 Å². The van der Waals surface area contributed by atoms with Gasteiger partial charge in [-0.25, -0.2) is 0 Å². The topological polar surface area (TPSA) is 30.7 Å². The molecule has 21 heavy (non-hydrogen) atoms. The molecule has 0 spiro atoms. The van der Waals surface area contributed by atoms with Gasteiger partial charge in [-0.1, -0.05) is 53.5 Å². The zero-order valence-corrected chi connectivity index (χ0v) is 13.3. The summed E-state index contributed by atoms with van der Waals surface area (Å²) in [4.78, 5) is 0. The predicted molar refractivity (Wildman–Crippen MR) is 86.6 cm³/mol. The Morgan fingerprint density at radius 1 is 0.905 bits per heavy atom. The van der Waals surface area contributed by atoms with Crippen molar-refractivity contribution in [2.45, 2.75) is 6.92 Å². The summed E-state index contributed by atoms with van der Waals surface area (Å²) in [6.07, 6.45) is 0. The summed E-state index contributed by atoms with van der Waals surface area (Å²) in [6.45, 7) is 1.89. The lowest BCUT2D eigenvalue weighted by atomic mass is 10.2. The lowest BCUT2D eigenvalue weighted by Gasteiger charge is -2.11. The fourth-order valence-corrected chi connectivity index (χ4v) is 2.73. The Bertz CT molecular complexity index is 797. The number of aryl methyl sites for hydroxylation is 1. The average Bonchev–Trinajstić information content (AvgIpc) is 2.85.